The summed E-state index contributed by atoms with van der Waals surface area (Å²) in [4.78, 5) is 26.6. The maximum Gasteiger partial charge on any atom is 0.319 e. The average Bonchev–Trinajstić information content (AvgIpc) is 2.27. The number of pyridine rings is 1. The first-order valence-corrected chi connectivity index (χ1v) is 4.84. The zero-order valence-electron chi connectivity index (χ0n) is 8.88. The molecule has 0 radical (unpaired) electrons. The van der Waals surface area contributed by atoms with Gasteiger partial charge in [-0.2, -0.15) is 0 Å². The number of hydrogen-bond acceptors (Lipinski definition) is 4. The Balaban J connectivity index is 3.23. The SMILES string of the molecule is C#CCN(C)C(=O)c1ccnc(Cl)c1[N+](=O)[O-]. The molecule has 6 nitrogen and oxygen atoms in total. The highest BCUT2D eigenvalue weighted by Gasteiger charge is 2.26. The molecule has 1 heterocycles. The minimum absolute atomic E-state index is 0.0515. The molecule has 0 N–H and O–H groups in total. The van der Waals surface area contributed by atoms with Crippen molar-refractivity contribution in [3.05, 3.63) is 33.1 Å². The third-order valence-corrected chi connectivity index (χ3v) is 2.24. The standard InChI is InChI=1S/C10H8ClN3O3/c1-3-6-13(2)10(15)7-4-5-12-9(11)8(7)14(16)17/h1,4-5H,6H2,2H3. The van der Waals surface area contributed by atoms with Gasteiger partial charge in [-0.3, -0.25) is 14.9 Å². The van der Waals surface area contributed by atoms with Gasteiger partial charge in [0.15, 0.2) is 0 Å². The third-order valence-electron chi connectivity index (χ3n) is 1.97. The fraction of sp³-hybridized carbons (Fsp3) is 0.200. The number of halogens is 1. The smallest absolute Gasteiger partial charge is 0.319 e. The van der Waals surface area contributed by atoms with Crippen molar-refractivity contribution in [2.24, 2.45) is 0 Å². The van der Waals surface area contributed by atoms with Gasteiger partial charge in [-0.05, 0) is 6.07 Å². The monoisotopic (exact) mass is 253 g/mol. The Morgan fingerprint density at radius 2 is 2.41 bits per heavy atom. The van der Waals surface area contributed by atoms with Crippen LogP contribution in [0.25, 0.3) is 0 Å². The molecule has 0 aliphatic carbocycles. The van der Waals surface area contributed by atoms with Gasteiger partial charge in [0.1, 0.15) is 5.56 Å². The lowest BCUT2D eigenvalue weighted by Gasteiger charge is -2.13. The van der Waals surface area contributed by atoms with E-state index in [1.54, 1.807) is 0 Å². The van der Waals surface area contributed by atoms with Crippen molar-refractivity contribution < 1.29 is 9.72 Å². The molecule has 17 heavy (non-hydrogen) atoms. The normalized spacial score (nSPS) is 9.47. The Kier molecular flexibility index (Phi) is 4.01. The van der Waals surface area contributed by atoms with Crippen molar-refractivity contribution in [2.75, 3.05) is 13.6 Å². The fourth-order valence-corrected chi connectivity index (χ4v) is 1.42. The van der Waals surface area contributed by atoms with Crippen molar-refractivity contribution >= 4 is 23.2 Å². The topological polar surface area (TPSA) is 76.3 Å². The van der Waals surface area contributed by atoms with E-state index in [0.717, 1.165) is 0 Å². The Hall–Kier alpha value is -2.13. The first-order valence-electron chi connectivity index (χ1n) is 4.46. The van der Waals surface area contributed by atoms with Crippen molar-refractivity contribution in [3.8, 4) is 12.3 Å². The van der Waals surface area contributed by atoms with Crippen LogP contribution in [0.3, 0.4) is 0 Å². The number of carbonyl (C=O) groups excluding carboxylic acids is 1. The average molecular weight is 254 g/mol. The second-order valence-electron chi connectivity index (χ2n) is 3.12. The first-order chi connectivity index (χ1) is 7.99. The van der Waals surface area contributed by atoms with Crippen LogP contribution in [0, 0.1) is 22.5 Å². The zero-order chi connectivity index (χ0) is 13.0. The third kappa shape index (κ3) is 2.71. The lowest BCUT2D eigenvalue weighted by molar-refractivity contribution is -0.385. The van der Waals surface area contributed by atoms with Gasteiger partial charge in [-0.25, -0.2) is 4.98 Å². The van der Waals surface area contributed by atoms with E-state index in [4.69, 9.17) is 18.0 Å². The second kappa shape index (κ2) is 5.27. The van der Waals surface area contributed by atoms with Gasteiger partial charge in [0, 0.05) is 13.2 Å². The minimum Gasteiger partial charge on any atom is -0.330 e. The lowest BCUT2D eigenvalue weighted by atomic mass is 10.2. The van der Waals surface area contributed by atoms with Crippen LogP contribution in [0.5, 0.6) is 0 Å². The minimum atomic E-state index is -0.744. The Morgan fingerprint density at radius 1 is 1.76 bits per heavy atom. The molecule has 1 rings (SSSR count). The summed E-state index contributed by atoms with van der Waals surface area (Å²) in [5.41, 5.74) is -0.643. The number of terminal acetylenes is 1. The molecule has 0 spiro atoms. The van der Waals surface area contributed by atoms with Crippen LogP contribution >= 0.6 is 11.6 Å². The molecule has 0 bridgehead atoms. The number of aromatic nitrogens is 1. The number of nitro groups is 1. The quantitative estimate of drug-likeness (QED) is 0.353. The Labute approximate surface area is 102 Å². The molecule has 1 aromatic rings. The second-order valence-corrected chi connectivity index (χ2v) is 3.48. The van der Waals surface area contributed by atoms with E-state index in [-0.39, 0.29) is 17.3 Å². The first kappa shape index (κ1) is 12.9. The van der Waals surface area contributed by atoms with Crippen LogP contribution in [-0.2, 0) is 0 Å². The highest BCUT2D eigenvalue weighted by atomic mass is 35.5. The summed E-state index contributed by atoms with van der Waals surface area (Å²) in [6.07, 6.45) is 6.29. The number of carbonyl (C=O) groups is 1. The number of rotatable bonds is 3. The highest BCUT2D eigenvalue weighted by molar-refractivity contribution is 6.32. The van der Waals surface area contributed by atoms with Crippen LogP contribution in [-0.4, -0.2) is 34.3 Å². The molecule has 1 amide bonds. The van der Waals surface area contributed by atoms with Crippen LogP contribution in [0.4, 0.5) is 5.69 Å². The van der Waals surface area contributed by atoms with Gasteiger partial charge in [-0.1, -0.05) is 17.5 Å². The summed E-state index contributed by atoms with van der Waals surface area (Å²) in [6, 6.07) is 1.24. The summed E-state index contributed by atoms with van der Waals surface area (Å²) in [5, 5.41) is 10.5. The highest BCUT2D eigenvalue weighted by Crippen LogP contribution is 2.26. The van der Waals surface area contributed by atoms with E-state index in [0.29, 0.717) is 0 Å². The van der Waals surface area contributed by atoms with Crippen molar-refractivity contribution in [1.29, 1.82) is 0 Å². The summed E-state index contributed by atoms with van der Waals surface area (Å²) >= 11 is 5.59. The molecule has 1 aromatic heterocycles. The van der Waals surface area contributed by atoms with Gasteiger partial charge in [0.2, 0.25) is 5.15 Å². The van der Waals surface area contributed by atoms with Gasteiger partial charge < -0.3 is 4.90 Å². The molecule has 0 saturated carbocycles. The van der Waals surface area contributed by atoms with Crippen LogP contribution in [0.2, 0.25) is 5.15 Å². The number of nitrogens with zero attached hydrogens (tertiary/aromatic N) is 3. The van der Waals surface area contributed by atoms with Crippen LogP contribution < -0.4 is 0 Å². The zero-order valence-corrected chi connectivity index (χ0v) is 9.64. The maximum absolute atomic E-state index is 11.9. The lowest BCUT2D eigenvalue weighted by Crippen LogP contribution is -2.27. The predicted octanol–water partition coefficient (Wildman–Crippen LogP) is 1.35. The van der Waals surface area contributed by atoms with Crippen molar-refractivity contribution in [2.45, 2.75) is 0 Å². The molecular formula is C10H8ClN3O3. The van der Waals surface area contributed by atoms with E-state index < -0.39 is 16.5 Å². The molecule has 0 aromatic carbocycles. The van der Waals surface area contributed by atoms with Crippen molar-refractivity contribution in [1.82, 2.24) is 9.88 Å². The van der Waals surface area contributed by atoms with E-state index in [9.17, 15) is 14.9 Å². The Bertz CT molecular complexity index is 510. The summed E-state index contributed by atoms with van der Waals surface area (Å²) in [6.45, 7) is 0.0515. The summed E-state index contributed by atoms with van der Waals surface area (Å²) in [7, 11) is 1.44. The van der Waals surface area contributed by atoms with Gasteiger partial charge in [0.05, 0.1) is 11.5 Å². The molecular weight excluding hydrogens is 246 g/mol. The largest absolute Gasteiger partial charge is 0.330 e. The molecule has 88 valence electrons. The molecule has 0 atom stereocenters. The van der Waals surface area contributed by atoms with Crippen LogP contribution in [0.15, 0.2) is 12.3 Å². The van der Waals surface area contributed by atoms with Gasteiger partial charge in [-0.15, -0.1) is 6.42 Å². The molecule has 0 saturated heterocycles. The fourth-order valence-electron chi connectivity index (χ4n) is 1.19. The van der Waals surface area contributed by atoms with E-state index in [1.165, 1.54) is 24.2 Å². The van der Waals surface area contributed by atoms with Crippen LogP contribution in [0.1, 0.15) is 10.4 Å². The summed E-state index contributed by atoms with van der Waals surface area (Å²) < 4.78 is 0. The molecule has 0 unspecified atom stereocenters. The van der Waals surface area contributed by atoms with E-state index in [2.05, 4.69) is 10.9 Å². The van der Waals surface area contributed by atoms with Crippen molar-refractivity contribution in [3.63, 3.8) is 0 Å². The molecule has 0 aliphatic rings. The number of amides is 1. The molecule has 0 fully saturated rings. The predicted molar refractivity (Wildman–Crippen MR) is 61.7 cm³/mol. The van der Waals surface area contributed by atoms with E-state index in [1.807, 2.05) is 0 Å². The summed E-state index contributed by atoms with van der Waals surface area (Å²) in [5.74, 6) is 1.70. The van der Waals surface area contributed by atoms with Gasteiger partial charge in [0.25, 0.3) is 5.91 Å². The molecule has 0 aliphatic heterocycles. The molecule has 7 heteroatoms. The van der Waals surface area contributed by atoms with E-state index >= 15 is 0 Å². The van der Waals surface area contributed by atoms with Gasteiger partial charge >= 0.3 is 5.69 Å². The number of hydrogen-bond donors (Lipinski definition) is 0. The maximum atomic E-state index is 11.9. The Morgan fingerprint density at radius 3 is 2.94 bits per heavy atom.